The Balaban J connectivity index is 1.13. The summed E-state index contributed by atoms with van der Waals surface area (Å²) in [7, 11) is 0. The van der Waals surface area contributed by atoms with E-state index in [1.807, 2.05) is 13.0 Å². The number of aromatic nitrogens is 5. The lowest BCUT2D eigenvalue weighted by Gasteiger charge is -2.33. The van der Waals surface area contributed by atoms with Gasteiger partial charge in [-0.3, -0.25) is 4.79 Å². The average Bonchev–Trinajstić information content (AvgIpc) is 3.51. The van der Waals surface area contributed by atoms with Gasteiger partial charge in [-0.05, 0) is 59.5 Å². The second-order valence-electron chi connectivity index (χ2n) is 8.60. The summed E-state index contributed by atoms with van der Waals surface area (Å²) in [5.41, 5.74) is 4.20. The Hall–Kier alpha value is -3.70. The number of benzene rings is 1. The van der Waals surface area contributed by atoms with Crippen molar-refractivity contribution in [2.45, 2.75) is 38.5 Å². The van der Waals surface area contributed by atoms with Gasteiger partial charge < -0.3 is 20.1 Å². The largest absolute Gasteiger partial charge is 0.457 e. The van der Waals surface area contributed by atoms with Gasteiger partial charge in [-0.2, -0.15) is 4.68 Å². The summed E-state index contributed by atoms with van der Waals surface area (Å²) >= 11 is 0. The Morgan fingerprint density at radius 2 is 2.09 bits per heavy atom. The van der Waals surface area contributed by atoms with Crippen molar-refractivity contribution >= 4 is 11.9 Å². The number of piperidine rings is 1. The van der Waals surface area contributed by atoms with Gasteiger partial charge in [0.25, 0.3) is 5.91 Å². The molecule has 2 aliphatic rings. The van der Waals surface area contributed by atoms with Crippen LogP contribution in [0.15, 0.2) is 36.8 Å². The van der Waals surface area contributed by atoms with E-state index in [4.69, 9.17) is 4.74 Å². The van der Waals surface area contributed by atoms with E-state index in [2.05, 4.69) is 30.7 Å². The van der Waals surface area contributed by atoms with E-state index in [0.29, 0.717) is 23.5 Å². The smallest absolute Gasteiger partial charge is 0.338 e. The number of nitrogens with zero attached hydrogens (tertiary/aromatic N) is 6. The van der Waals surface area contributed by atoms with Crippen molar-refractivity contribution in [2.24, 2.45) is 0 Å². The Labute approximate surface area is 195 Å². The van der Waals surface area contributed by atoms with Crippen molar-refractivity contribution in [1.82, 2.24) is 35.4 Å². The van der Waals surface area contributed by atoms with Gasteiger partial charge in [0.2, 0.25) is 0 Å². The monoisotopic (exact) mass is 463 g/mol. The van der Waals surface area contributed by atoms with Crippen LogP contribution >= 0.6 is 0 Å². The standard InChI is InChI=1S/C23H25N7O4/c1-14-17(3-4-18-19(14)12-34-23(18)33)21(31)11-29-8-6-15(7-9-29)26-22(32)20-5-2-16(10-24-20)30-13-25-27-28-30/h2-5,10,13,15,21,31H,6-9,11-12H2,1H3,(H,26,32). The molecular formula is C23H25N7O4. The minimum absolute atomic E-state index is 0.0479. The van der Waals surface area contributed by atoms with Gasteiger partial charge in [-0.25, -0.2) is 9.78 Å². The number of hydrogen-bond donors (Lipinski definition) is 2. The SMILES string of the molecule is Cc1c(C(O)CN2CCC(NC(=O)c3ccc(-n4cnnn4)cn3)CC2)ccc2c1COC2=O. The molecule has 0 radical (unpaired) electrons. The molecule has 5 rings (SSSR count). The van der Waals surface area contributed by atoms with Crippen molar-refractivity contribution in [1.29, 1.82) is 0 Å². The average molecular weight is 463 g/mol. The third kappa shape index (κ3) is 4.39. The number of likely N-dealkylation sites (tertiary alicyclic amines) is 1. The molecule has 3 aromatic rings. The maximum Gasteiger partial charge on any atom is 0.338 e. The van der Waals surface area contributed by atoms with Gasteiger partial charge in [0.05, 0.1) is 23.6 Å². The number of β-amino-alcohol motifs (C(OH)–C–C–N with tert-alkyl or cyclic N) is 1. The fraction of sp³-hybridized carbons (Fsp3) is 0.391. The minimum Gasteiger partial charge on any atom is -0.457 e. The number of rotatable bonds is 6. The second-order valence-corrected chi connectivity index (χ2v) is 8.60. The molecule has 2 aliphatic heterocycles. The predicted octanol–water partition coefficient (Wildman–Crippen LogP) is 0.964. The number of esters is 1. The fourth-order valence-corrected chi connectivity index (χ4v) is 4.53. The number of pyridine rings is 1. The van der Waals surface area contributed by atoms with E-state index < -0.39 is 6.10 Å². The summed E-state index contributed by atoms with van der Waals surface area (Å²) in [4.78, 5) is 30.8. The van der Waals surface area contributed by atoms with Gasteiger partial charge in [-0.15, -0.1) is 5.10 Å². The highest BCUT2D eigenvalue weighted by Crippen LogP contribution is 2.29. The number of hydrogen-bond acceptors (Lipinski definition) is 9. The lowest BCUT2D eigenvalue weighted by atomic mass is 9.94. The Morgan fingerprint density at radius 3 is 2.79 bits per heavy atom. The third-order valence-corrected chi connectivity index (χ3v) is 6.51. The number of tetrazole rings is 1. The van der Waals surface area contributed by atoms with Crippen LogP contribution in [0.4, 0.5) is 0 Å². The summed E-state index contributed by atoms with van der Waals surface area (Å²) < 4.78 is 6.58. The molecule has 0 aliphatic carbocycles. The Kier molecular flexibility index (Phi) is 6.03. The van der Waals surface area contributed by atoms with Crippen molar-refractivity contribution in [2.75, 3.05) is 19.6 Å². The summed E-state index contributed by atoms with van der Waals surface area (Å²) in [5.74, 6) is -0.519. The van der Waals surface area contributed by atoms with Gasteiger partial charge >= 0.3 is 5.97 Å². The zero-order valence-electron chi connectivity index (χ0n) is 18.7. The molecule has 1 aromatic carbocycles. The molecule has 11 heteroatoms. The van der Waals surface area contributed by atoms with E-state index in [9.17, 15) is 14.7 Å². The van der Waals surface area contributed by atoms with Gasteiger partial charge in [0.15, 0.2) is 0 Å². The summed E-state index contributed by atoms with van der Waals surface area (Å²) in [6.45, 7) is 4.21. The van der Waals surface area contributed by atoms with E-state index in [0.717, 1.165) is 42.6 Å². The molecule has 2 aromatic heterocycles. The molecule has 34 heavy (non-hydrogen) atoms. The minimum atomic E-state index is -0.657. The normalized spacial score (nSPS) is 17.3. The van der Waals surface area contributed by atoms with E-state index in [1.54, 1.807) is 24.4 Å². The van der Waals surface area contributed by atoms with Crippen molar-refractivity contribution in [3.8, 4) is 5.69 Å². The predicted molar refractivity (Wildman–Crippen MR) is 119 cm³/mol. The molecule has 1 unspecified atom stereocenters. The maximum atomic E-state index is 12.6. The van der Waals surface area contributed by atoms with E-state index >= 15 is 0 Å². The lowest BCUT2D eigenvalue weighted by molar-refractivity contribution is 0.0534. The van der Waals surface area contributed by atoms with E-state index in [-0.39, 0.29) is 24.5 Å². The first kappa shape index (κ1) is 22.1. The number of ether oxygens (including phenoxy) is 1. The highest BCUT2D eigenvalue weighted by atomic mass is 16.5. The van der Waals surface area contributed by atoms with Crippen LogP contribution in [-0.2, 0) is 11.3 Å². The Bertz CT molecular complexity index is 1190. The maximum absolute atomic E-state index is 12.6. The number of fused-ring (bicyclic) bond motifs is 1. The number of cyclic esters (lactones) is 1. The van der Waals surface area contributed by atoms with Crippen LogP contribution in [0, 0.1) is 6.92 Å². The quantitative estimate of drug-likeness (QED) is 0.513. The number of carbonyl (C=O) groups excluding carboxylic acids is 2. The topological polar surface area (TPSA) is 135 Å². The molecule has 0 bridgehead atoms. The molecule has 1 amide bonds. The molecule has 11 nitrogen and oxygen atoms in total. The molecule has 1 saturated heterocycles. The molecule has 0 saturated carbocycles. The van der Waals surface area contributed by atoms with Crippen LogP contribution in [0.2, 0.25) is 0 Å². The number of carbonyl (C=O) groups is 2. The van der Waals surface area contributed by atoms with Gasteiger partial charge in [-0.1, -0.05) is 6.07 Å². The van der Waals surface area contributed by atoms with Gasteiger partial charge in [0.1, 0.15) is 18.6 Å². The number of aliphatic hydroxyl groups is 1. The van der Waals surface area contributed by atoms with Crippen LogP contribution in [0.25, 0.3) is 5.69 Å². The number of nitrogens with one attached hydrogen (secondary N) is 1. The van der Waals surface area contributed by atoms with Crippen molar-refractivity contribution in [3.05, 3.63) is 64.7 Å². The molecule has 176 valence electrons. The summed E-state index contributed by atoms with van der Waals surface area (Å²) in [6, 6.07) is 6.99. The van der Waals surface area contributed by atoms with Crippen LogP contribution in [-0.4, -0.2) is 72.8 Å². The molecule has 2 N–H and O–H groups in total. The Morgan fingerprint density at radius 1 is 1.26 bits per heavy atom. The molecule has 1 fully saturated rings. The first-order chi connectivity index (χ1) is 16.5. The summed E-state index contributed by atoms with van der Waals surface area (Å²) in [6.07, 6.45) is 3.93. The van der Waals surface area contributed by atoms with Crippen LogP contribution < -0.4 is 5.32 Å². The second kappa shape index (κ2) is 9.27. The summed E-state index contributed by atoms with van der Waals surface area (Å²) in [5, 5.41) is 24.9. The molecule has 0 spiro atoms. The number of aliphatic hydroxyl groups excluding tert-OH is 1. The molecule has 4 heterocycles. The lowest BCUT2D eigenvalue weighted by Crippen LogP contribution is -2.45. The zero-order valence-corrected chi connectivity index (χ0v) is 18.7. The van der Waals surface area contributed by atoms with Crippen molar-refractivity contribution < 1.29 is 19.4 Å². The molecule has 1 atom stereocenters. The van der Waals surface area contributed by atoms with E-state index in [1.165, 1.54) is 11.0 Å². The highest BCUT2D eigenvalue weighted by Gasteiger charge is 2.27. The first-order valence-electron chi connectivity index (χ1n) is 11.2. The fourth-order valence-electron chi connectivity index (χ4n) is 4.53. The van der Waals surface area contributed by atoms with Crippen LogP contribution in [0.5, 0.6) is 0 Å². The number of amides is 1. The zero-order chi connectivity index (χ0) is 23.7. The third-order valence-electron chi connectivity index (χ3n) is 6.51. The first-order valence-corrected chi connectivity index (χ1v) is 11.2. The van der Waals surface area contributed by atoms with Gasteiger partial charge in [0, 0.05) is 31.2 Å². The van der Waals surface area contributed by atoms with Crippen LogP contribution in [0.3, 0.4) is 0 Å². The highest BCUT2D eigenvalue weighted by molar-refractivity contribution is 5.94. The van der Waals surface area contributed by atoms with Crippen molar-refractivity contribution in [3.63, 3.8) is 0 Å². The van der Waals surface area contributed by atoms with Crippen LogP contribution in [0.1, 0.15) is 56.5 Å². The molecular weight excluding hydrogens is 438 g/mol.